The van der Waals surface area contributed by atoms with Crippen molar-refractivity contribution >= 4 is 52.4 Å². The summed E-state index contributed by atoms with van der Waals surface area (Å²) in [6.07, 6.45) is -3.25. The van der Waals surface area contributed by atoms with E-state index < -0.39 is 22.8 Å². The molecule has 0 atom stereocenters. The maximum Gasteiger partial charge on any atom is 0.417 e. The SMILES string of the molecule is Cc1cc(Nc2cc(O)n[nH]2)nc(Nc2ccc(NC(=O)Nc3ccc(Cl)c(C(F)(F)F)c3)nc2)n1. The van der Waals surface area contributed by atoms with Crippen LogP contribution in [0.15, 0.2) is 48.7 Å². The Hall–Kier alpha value is -4.59. The summed E-state index contributed by atoms with van der Waals surface area (Å²) in [7, 11) is 0. The number of halogens is 4. The molecular weight excluding hydrogens is 503 g/mol. The highest BCUT2D eigenvalue weighted by atomic mass is 35.5. The van der Waals surface area contributed by atoms with Crippen LogP contribution >= 0.6 is 11.6 Å². The fourth-order valence-corrected chi connectivity index (χ4v) is 3.20. The molecule has 0 radical (unpaired) electrons. The summed E-state index contributed by atoms with van der Waals surface area (Å²) in [6, 6.07) is 8.39. The Morgan fingerprint density at radius 1 is 1.00 bits per heavy atom. The molecule has 1 aromatic carbocycles. The standard InChI is InChI=1S/C21H17ClF3N9O2/c1-10-6-16(30-17-8-18(35)34-33-17)31-19(27-10)28-12-3-5-15(26-9-12)32-20(36)29-11-2-4-14(22)13(7-11)21(23,24)25/h2-9H,1H3,(H2,26,29,32,36)(H4,27,28,30,31,33,34,35). The summed E-state index contributed by atoms with van der Waals surface area (Å²) in [6.45, 7) is 1.77. The molecule has 11 nitrogen and oxygen atoms in total. The van der Waals surface area contributed by atoms with Crippen molar-refractivity contribution in [1.82, 2.24) is 25.1 Å². The first-order valence-corrected chi connectivity index (χ1v) is 10.5. The molecule has 15 heteroatoms. The number of carbonyl (C=O) groups excluding carboxylic acids is 1. The number of urea groups is 1. The van der Waals surface area contributed by atoms with E-state index in [9.17, 15) is 23.1 Å². The summed E-state index contributed by atoms with van der Waals surface area (Å²) in [5, 5.41) is 25.7. The van der Waals surface area contributed by atoms with Crippen LogP contribution in [0.3, 0.4) is 0 Å². The van der Waals surface area contributed by atoms with Crippen molar-refractivity contribution in [2.75, 3.05) is 21.3 Å². The van der Waals surface area contributed by atoms with E-state index in [2.05, 4.69) is 46.4 Å². The number of aryl methyl sites for hydroxylation is 1. The van der Waals surface area contributed by atoms with Crippen LogP contribution in [-0.4, -0.2) is 36.3 Å². The molecule has 3 aromatic heterocycles. The van der Waals surface area contributed by atoms with Crippen molar-refractivity contribution in [2.24, 2.45) is 0 Å². The number of pyridine rings is 1. The zero-order chi connectivity index (χ0) is 25.9. The molecule has 4 aromatic rings. The van der Waals surface area contributed by atoms with Crippen LogP contribution in [0.2, 0.25) is 5.02 Å². The van der Waals surface area contributed by atoms with E-state index in [0.717, 1.165) is 12.1 Å². The normalized spacial score (nSPS) is 11.1. The number of aromatic amines is 1. The first kappa shape index (κ1) is 24.5. The molecule has 3 heterocycles. The molecular formula is C21H17ClF3N9O2. The van der Waals surface area contributed by atoms with Crippen LogP contribution in [-0.2, 0) is 6.18 Å². The third kappa shape index (κ3) is 6.29. The first-order chi connectivity index (χ1) is 17.0. The number of anilines is 6. The van der Waals surface area contributed by atoms with Crippen LogP contribution in [0.1, 0.15) is 11.3 Å². The number of aromatic nitrogens is 5. The fraction of sp³-hybridized carbons (Fsp3) is 0.0952. The quantitative estimate of drug-likeness (QED) is 0.198. The number of carbonyl (C=O) groups is 1. The van der Waals surface area contributed by atoms with Gasteiger partial charge < -0.3 is 21.1 Å². The molecule has 0 saturated heterocycles. The minimum Gasteiger partial charge on any atom is -0.492 e. The van der Waals surface area contributed by atoms with Crippen molar-refractivity contribution in [2.45, 2.75) is 13.1 Å². The number of amides is 2. The van der Waals surface area contributed by atoms with Gasteiger partial charge in [-0.3, -0.25) is 10.4 Å². The lowest BCUT2D eigenvalue weighted by atomic mass is 10.2. The largest absolute Gasteiger partial charge is 0.492 e. The minimum absolute atomic E-state index is 0.0890. The van der Waals surface area contributed by atoms with Gasteiger partial charge in [0, 0.05) is 23.5 Å². The molecule has 0 fully saturated rings. The van der Waals surface area contributed by atoms with E-state index >= 15 is 0 Å². The number of benzene rings is 1. The molecule has 186 valence electrons. The Balaban J connectivity index is 1.38. The number of nitrogens with one attached hydrogen (secondary N) is 5. The number of rotatable bonds is 6. The molecule has 6 N–H and O–H groups in total. The van der Waals surface area contributed by atoms with Gasteiger partial charge in [-0.25, -0.2) is 14.8 Å². The van der Waals surface area contributed by atoms with Gasteiger partial charge in [0.15, 0.2) is 0 Å². The first-order valence-electron chi connectivity index (χ1n) is 10.1. The van der Waals surface area contributed by atoms with Gasteiger partial charge in [0.25, 0.3) is 0 Å². The van der Waals surface area contributed by atoms with Gasteiger partial charge in [-0.15, -0.1) is 5.10 Å². The molecule has 36 heavy (non-hydrogen) atoms. The Morgan fingerprint density at radius 2 is 1.78 bits per heavy atom. The zero-order valence-electron chi connectivity index (χ0n) is 18.3. The van der Waals surface area contributed by atoms with Crippen LogP contribution in [0.4, 0.5) is 52.7 Å². The Labute approximate surface area is 206 Å². The van der Waals surface area contributed by atoms with Crippen molar-refractivity contribution in [3.8, 4) is 5.88 Å². The van der Waals surface area contributed by atoms with Gasteiger partial charge in [0.05, 0.1) is 22.5 Å². The van der Waals surface area contributed by atoms with E-state index in [0.29, 0.717) is 23.0 Å². The maximum absolute atomic E-state index is 13.0. The topological polar surface area (TPSA) is 153 Å². The third-order valence-electron chi connectivity index (χ3n) is 4.47. The van der Waals surface area contributed by atoms with E-state index in [4.69, 9.17) is 11.6 Å². The summed E-state index contributed by atoms with van der Waals surface area (Å²) in [4.78, 5) is 24.9. The summed E-state index contributed by atoms with van der Waals surface area (Å²) >= 11 is 5.58. The molecule has 0 saturated carbocycles. The summed E-state index contributed by atoms with van der Waals surface area (Å²) in [5.74, 6) is 1.10. The molecule has 0 aliphatic carbocycles. The second-order valence-corrected chi connectivity index (χ2v) is 7.72. The van der Waals surface area contributed by atoms with Crippen LogP contribution in [0, 0.1) is 6.92 Å². The predicted octanol–water partition coefficient (Wildman–Crippen LogP) is 5.41. The van der Waals surface area contributed by atoms with E-state index in [1.165, 1.54) is 24.4 Å². The van der Waals surface area contributed by atoms with Gasteiger partial charge in [-0.05, 0) is 37.3 Å². The monoisotopic (exact) mass is 519 g/mol. The van der Waals surface area contributed by atoms with Crippen LogP contribution in [0.25, 0.3) is 0 Å². The van der Waals surface area contributed by atoms with Gasteiger partial charge in [-0.2, -0.15) is 18.2 Å². The average molecular weight is 520 g/mol. The molecule has 4 rings (SSSR count). The number of hydrogen-bond donors (Lipinski definition) is 6. The Morgan fingerprint density at radius 3 is 2.44 bits per heavy atom. The number of hydrogen-bond acceptors (Lipinski definition) is 8. The molecule has 0 aliphatic rings. The number of nitrogens with zero attached hydrogens (tertiary/aromatic N) is 4. The van der Waals surface area contributed by atoms with E-state index in [1.807, 2.05) is 0 Å². The predicted molar refractivity (Wildman–Crippen MR) is 127 cm³/mol. The number of alkyl halides is 3. The minimum atomic E-state index is -4.66. The molecule has 0 spiro atoms. The molecule has 0 unspecified atom stereocenters. The van der Waals surface area contributed by atoms with Crippen LogP contribution < -0.4 is 21.3 Å². The van der Waals surface area contributed by atoms with E-state index in [-0.39, 0.29) is 23.3 Å². The number of aromatic hydroxyl groups is 1. The van der Waals surface area contributed by atoms with Gasteiger partial charge in [0.2, 0.25) is 11.8 Å². The Kier molecular flexibility index (Phi) is 6.78. The smallest absolute Gasteiger partial charge is 0.417 e. The second-order valence-electron chi connectivity index (χ2n) is 7.31. The zero-order valence-corrected chi connectivity index (χ0v) is 19.0. The molecule has 0 bridgehead atoms. The van der Waals surface area contributed by atoms with Crippen molar-refractivity contribution in [1.29, 1.82) is 0 Å². The van der Waals surface area contributed by atoms with Gasteiger partial charge >= 0.3 is 12.2 Å². The summed E-state index contributed by atoms with van der Waals surface area (Å²) < 4.78 is 39.0. The lowest BCUT2D eigenvalue weighted by Gasteiger charge is -2.12. The lowest BCUT2D eigenvalue weighted by molar-refractivity contribution is -0.137. The highest BCUT2D eigenvalue weighted by molar-refractivity contribution is 6.31. The van der Waals surface area contributed by atoms with Crippen molar-refractivity contribution in [3.05, 3.63) is 64.9 Å². The fourth-order valence-electron chi connectivity index (χ4n) is 2.97. The molecule has 2 amide bonds. The average Bonchev–Trinajstić information content (AvgIpc) is 3.19. The van der Waals surface area contributed by atoms with Gasteiger partial charge in [0.1, 0.15) is 17.5 Å². The van der Waals surface area contributed by atoms with E-state index in [1.54, 1.807) is 19.1 Å². The second kappa shape index (κ2) is 9.95. The summed E-state index contributed by atoms with van der Waals surface area (Å²) in [5.41, 5.74) is 0.00515. The molecule has 0 aliphatic heterocycles. The highest BCUT2D eigenvalue weighted by Gasteiger charge is 2.33. The van der Waals surface area contributed by atoms with Crippen molar-refractivity contribution in [3.63, 3.8) is 0 Å². The third-order valence-corrected chi connectivity index (χ3v) is 4.80. The lowest BCUT2D eigenvalue weighted by Crippen LogP contribution is -2.20. The highest BCUT2D eigenvalue weighted by Crippen LogP contribution is 2.36. The van der Waals surface area contributed by atoms with Gasteiger partial charge in [-0.1, -0.05) is 11.6 Å². The number of H-pyrrole nitrogens is 1. The van der Waals surface area contributed by atoms with Crippen molar-refractivity contribution < 1.29 is 23.1 Å². The maximum atomic E-state index is 13.0. The van der Waals surface area contributed by atoms with Crippen LogP contribution in [0.5, 0.6) is 5.88 Å². The Bertz CT molecular complexity index is 1390.